The van der Waals surface area contributed by atoms with Crippen LogP contribution in [0.15, 0.2) is 42.5 Å². The van der Waals surface area contributed by atoms with Crippen LogP contribution in [-0.4, -0.2) is 18.3 Å². The fraction of sp³-hybridized carbons (Fsp3) is 0.333. The summed E-state index contributed by atoms with van der Waals surface area (Å²) in [6, 6.07) is 13.4. The van der Waals surface area contributed by atoms with Gasteiger partial charge >= 0.3 is 0 Å². The molecule has 0 radical (unpaired) electrons. The van der Waals surface area contributed by atoms with Gasteiger partial charge < -0.3 is 19.3 Å². The third-order valence-electron chi connectivity index (χ3n) is 3.07. The van der Waals surface area contributed by atoms with E-state index in [0.29, 0.717) is 23.9 Å². The van der Waals surface area contributed by atoms with Crippen molar-refractivity contribution in [2.24, 2.45) is 0 Å². The van der Waals surface area contributed by atoms with Crippen LogP contribution < -0.4 is 14.2 Å². The molecule has 0 saturated heterocycles. The first kappa shape index (κ1) is 16.2. The van der Waals surface area contributed by atoms with Crippen LogP contribution in [0.5, 0.6) is 17.2 Å². The predicted octanol–water partition coefficient (Wildman–Crippen LogP) is 3.55. The Morgan fingerprint density at radius 1 is 1.00 bits per heavy atom. The Morgan fingerprint density at radius 3 is 2.27 bits per heavy atom. The van der Waals surface area contributed by atoms with Crippen molar-refractivity contribution >= 4 is 0 Å². The van der Waals surface area contributed by atoms with E-state index in [1.807, 2.05) is 44.2 Å². The van der Waals surface area contributed by atoms with Gasteiger partial charge in [-0.05, 0) is 37.1 Å². The highest BCUT2D eigenvalue weighted by Crippen LogP contribution is 2.39. The first-order chi connectivity index (χ1) is 10.6. The smallest absolute Gasteiger partial charge is 0.203 e. The zero-order chi connectivity index (χ0) is 15.9. The van der Waals surface area contributed by atoms with Gasteiger partial charge in [0.1, 0.15) is 6.61 Å². The summed E-state index contributed by atoms with van der Waals surface area (Å²) in [4.78, 5) is 0. The molecule has 0 amide bonds. The SMILES string of the molecule is COc1c(OCc2ccccc2)cc(CO)cc1OC(C)C. The van der Waals surface area contributed by atoms with E-state index in [1.165, 1.54) is 0 Å². The zero-order valence-corrected chi connectivity index (χ0v) is 13.2. The quantitative estimate of drug-likeness (QED) is 0.849. The van der Waals surface area contributed by atoms with Gasteiger partial charge in [-0.15, -0.1) is 0 Å². The fourth-order valence-corrected chi connectivity index (χ4v) is 2.11. The number of benzene rings is 2. The third kappa shape index (κ3) is 4.15. The van der Waals surface area contributed by atoms with Gasteiger partial charge in [-0.25, -0.2) is 0 Å². The summed E-state index contributed by atoms with van der Waals surface area (Å²) in [7, 11) is 1.58. The van der Waals surface area contributed by atoms with Crippen molar-refractivity contribution in [3.63, 3.8) is 0 Å². The average molecular weight is 302 g/mol. The van der Waals surface area contributed by atoms with Gasteiger partial charge in [0.15, 0.2) is 11.5 Å². The van der Waals surface area contributed by atoms with Crippen molar-refractivity contribution in [2.75, 3.05) is 7.11 Å². The Hall–Kier alpha value is -2.20. The zero-order valence-electron chi connectivity index (χ0n) is 13.2. The van der Waals surface area contributed by atoms with Gasteiger partial charge in [-0.2, -0.15) is 0 Å². The first-order valence-corrected chi connectivity index (χ1v) is 7.29. The summed E-state index contributed by atoms with van der Waals surface area (Å²) < 4.78 is 17.1. The van der Waals surface area contributed by atoms with E-state index in [4.69, 9.17) is 14.2 Å². The molecule has 2 aromatic carbocycles. The van der Waals surface area contributed by atoms with Crippen LogP contribution in [0.3, 0.4) is 0 Å². The molecule has 22 heavy (non-hydrogen) atoms. The molecule has 4 heteroatoms. The van der Waals surface area contributed by atoms with Gasteiger partial charge in [-0.3, -0.25) is 0 Å². The molecule has 4 nitrogen and oxygen atoms in total. The predicted molar refractivity (Wildman–Crippen MR) is 85.5 cm³/mol. The number of hydrogen-bond donors (Lipinski definition) is 1. The van der Waals surface area contributed by atoms with Crippen LogP contribution in [0.25, 0.3) is 0 Å². The summed E-state index contributed by atoms with van der Waals surface area (Å²) in [5.41, 5.74) is 1.78. The average Bonchev–Trinajstić information content (AvgIpc) is 2.52. The van der Waals surface area contributed by atoms with E-state index in [-0.39, 0.29) is 12.7 Å². The minimum Gasteiger partial charge on any atom is -0.490 e. The highest BCUT2D eigenvalue weighted by Gasteiger charge is 2.15. The van der Waals surface area contributed by atoms with E-state index < -0.39 is 0 Å². The van der Waals surface area contributed by atoms with Gasteiger partial charge in [0.2, 0.25) is 5.75 Å². The van der Waals surface area contributed by atoms with E-state index in [9.17, 15) is 5.11 Å². The summed E-state index contributed by atoms with van der Waals surface area (Å²) in [6.45, 7) is 4.22. The largest absolute Gasteiger partial charge is 0.490 e. The summed E-state index contributed by atoms with van der Waals surface area (Å²) >= 11 is 0. The van der Waals surface area contributed by atoms with Crippen LogP contribution in [0.1, 0.15) is 25.0 Å². The van der Waals surface area contributed by atoms with Gasteiger partial charge in [-0.1, -0.05) is 30.3 Å². The topological polar surface area (TPSA) is 47.9 Å². The van der Waals surface area contributed by atoms with Crippen molar-refractivity contribution in [1.29, 1.82) is 0 Å². The lowest BCUT2D eigenvalue weighted by molar-refractivity contribution is 0.219. The highest BCUT2D eigenvalue weighted by atomic mass is 16.5. The number of aliphatic hydroxyl groups is 1. The van der Waals surface area contributed by atoms with Gasteiger partial charge in [0.25, 0.3) is 0 Å². The summed E-state index contributed by atoms with van der Waals surface area (Å²) in [6.07, 6.45) is 0.00446. The molecular formula is C18H22O4. The molecule has 2 aromatic rings. The molecule has 0 unspecified atom stereocenters. The molecule has 2 rings (SSSR count). The van der Waals surface area contributed by atoms with Crippen LogP contribution in [-0.2, 0) is 13.2 Å². The first-order valence-electron chi connectivity index (χ1n) is 7.29. The minimum atomic E-state index is -0.0832. The molecule has 0 atom stereocenters. The van der Waals surface area contributed by atoms with Crippen molar-refractivity contribution in [3.8, 4) is 17.2 Å². The molecule has 0 aliphatic heterocycles. The summed E-state index contributed by atoms with van der Waals surface area (Å²) in [5, 5.41) is 9.42. The van der Waals surface area contributed by atoms with E-state index in [2.05, 4.69) is 0 Å². The van der Waals surface area contributed by atoms with Crippen molar-refractivity contribution in [2.45, 2.75) is 33.2 Å². The highest BCUT2D eigenvalue weighted by molar-refractivity contribution is 5.54. The number of rotatable bonds is 7. The molecule has 118 valence electrons. The van der Waals surface area contributed by atoms with Crippen LogP contribution in [0.2, 0.25) is 0 Å². The molecule has 1 N–H and O–H groups in total. The Balaban J connectivity index is 2.27. The lowest BCUT2D eigenvalue weighted by Crippen LogP contribution is -2.08. The molecule has 0 aromatic heterocycles. The maximum absolute atomic E-state index is 9.42. The van der Waals surface area contributed by atoms with E-state index >= 15 is 0 Å². The molecule has 0 spiro atoms. The molecule has 0 saturated carbocycles. The molecule has 0 fully saturated rings. The van der Waals surface area contributed by atoms with E-state index in [1.54, 1.807) is 19.2 Å². The maximum Gasteiger partial charge on any atom is 0.203 e. The van der Waals surface area contributed by atoms with Gasteiger partial charge in [0.05, 0.1) is 19.8 Å². The second-order valence-corrected chi connectivity index (χ2v) is 5.22. The standard InChI is InChI=1S/C18H22O4/c1-13(2)22-17-10-15(11-19)9-16(18(17)20-3)21-12-14-7-5-4-6-8-14/h4-10,13,19H,11-12H2,1-3H3. The number of aliphatic hydroxyl groups excluding tert-OH is 1. The lowest BCUT2D eigenvalue weighted by Gasteiger charge is -2.18. The molecule has 0 heterocycles. The minimum absolute atomic E-state index is 0.00446. The van der Waals surface area contributed by atoms with Crippen LogP contribution >= 0.6 is 0 Å². The molecule has 0 aliphatic rings. The monoisotopic (exact) mass is 302 g/mol. The molecule has 0 bridgehead atoms. The Bertz CT molecular complexity index is 594. The maximum atomic E-state index is 9.42. The van der Waals surface area contributed by atoms with Crippen LogP contribution in [0, 0.1) is 0 Å². The van der Waals surface area contributed by atoms with E-state index in [0.717, 1.165) is 11.1 Å². The Morgan fingerprint density at radius 2 is 1.68 bits per heavy atom. The van der Waals surface area contributed by atoms with Crippen molar-refractivity contribution in [1.82, 2.24) is 0 Å². The summed E-state index contributed by atoms with van der Waals surface area (Å²) in [5.74, 6) is 1.68. The second kappa shape index (κ2) is 7.71. The fourth-order valence-electron chi connectivity index (χ4n) is 2.11. The second-order valence-electron chi connectivity index (χ2n) is 5.22. The van der Waals surface area contributed by atoms with Crippen molar-refractivity contribution < 1.29 is 19.3 Å². The van der Waals surface area contributed by atoms with Crippen LogP contribution in [0.4, 0.5) is 0 Å². The van der Waals surface area contributed by atoms with Gasteiger partial charge in [0, 0.05) is 0 Å². The number of ether oxygens (including phenoxy) is 3. The lowest BCUT2D eigenvalue weighted by atomic mass is 10.2. The third-order valence-corrected chi connectivity index (χ3v) is 3.07. The number of hydrogen-bond acceptors (Lipinski definition) is 4. The Kier molecular flexibility index (Phi) is 5.67. The van der Waals surface area contributed by atoms with Crippen molar-refractivity contribution in [3.05, 3.63) is 53.6 Å². The molecule has 0 aliphatic carbocycles. The molecular weight excluding hydrogens is 280 g/mol. The Labute approximate surface area is 131 Å². The normalized spacial score (nSPS) is 10.6. The number of methoxy groups -OCH3 is 1.